The maximum atomic E-state index is 4.82. The molecule has 0 bridgehead atoms. The zero-order valence-electron chi connectivity index (χ0n) is 10.8. The zero-order chi connectivity index (χ0) is 13.1. The van der Waals surface area contributed by atoms with Gasteiger partial charge in [0.1, 0.15) is 6.26 Å². The molecule has 0 fully saturated rings. The number of nitrogens with zero attached hydrogens (tertiary/aromatic N) is 1. The summed E-state index contributed by atoms with van der Waals surface area (Å²) in [4.78, 5) is 0. The Morgan fingerprint density at radius 2 is 1.95 bits per heavy atom. The van der Waals surface area contributed by atoms with Crippen LogP contribution in [0.3, 0.4) is 0 Å². The molecule has 1 N–H and O–H groups in total. The van der Waals surface area contributed by atoms with E-state index in [1.165, 1.54) is 16.3 Å². The van der Waals surface area contributed by atoms with Gasteiger partial charge in [0, 0.05) is 18.7 Å². The number of nitrogens with one attached hydrogen (secondary N) is 1. The fourth-order valence-electron chi connectivity index (χ4n) is 2.18. The summed E-state index contributed by atoms with van der Waals surface area (Å²) >= 11 is 0. The van der Waals surface area contributed by atoms with Crippen molar-refractivity contribution in [3.8, 4) is 0 Å². The number of rotatable bonds is 4. The van der Waals surface area contributed by atoms with Crippen LogP contribution in [-0.4, -0.2) is 5.16 Å². The van der Waals surface area contributed by atoms with Crippen molar-refractivity contribution >= 4 is 10.8 Å². The molecule has 0 radical (unpaired) electrons. The van der Waals surface area contributed by atoms with E-state index in [1.54, 1.807) is 6.26 Å². The van der Waals surface area contributed by atoms with Crippen molar-refractivity contribution < 1.29 is 4.52 Å². The molecule has 96 valence electrons. The number of benzene rings is 2. The van der Waals surface area contributed by atoms with Gasteiger partial charge in [0.2, 0.25) is 0 Å². The van der Waals surface area contributed by atoms with Crippen molar-refractivity contribution in [3.63, 3.8) is 0 Å². The summed E-state index contributed by atoms with van der Waals surface area (Å²) in [6.07, 6.45) is 1.59. The largest absolute Gasteiger partial charge is 0.364 e. The first-order chi connectivity index (χ1) is 9.33. The summed E-state index contributed by atoms with van der Waals surface area (Å²) in [6.45, 7) is 2.87. The van der Waals surface area contributed by atoms with Crippen LogP contribution in [0, 0.1) is 0 Å². The molecule has 0 aliphatic heterocycles. The molecule has 2 aromatic carbocycles. The van der Waals surface area contributed by atoms with Crippen molar-refractivity contribution in [1.29, 1.82) is 0 Å². The van der Waals surface area contributed by atoms with E-state index in [-0.39, 0.29) is 6.04 Å². The lowest BCUT2D eigenvalue weighted by molar-refractivity contribution is 0.406. The quantitative estimate of drug-likeness (QED) is 0.769. The highest BCUT2D eigenvalue weighted by Crippen LogP contribution is 2.20. The van der Waals surface area contributed by atoms with Gasteiger partial charge in [0.25, 0.3) is 0 Å². The maximum absolute atomic E-state index is 4.82. The predicted octanol–water partition coefficient (Wildman–Crippen LogP) is 3.68. The lowest BCUT2D eigenvalue weighted by Gasteiger charge is -2.14. The van der Waals surface area contributed by atoms with Crippen LogP contribution in [-0.2, 0) is 6.54 Å². The second-order valence-corrected chi connectivity index (χ2v) is 4.70. The Kier molecular flexibility index (Phi) is 3.29. The molecular formula is C16H16N2O. The second-order valence-electron chi connectivity index (χ2n) is 4.70. The first kappa shape index (κ1) is 11.9. The minimum atomic E-state index is 0.279. The highest BCUT2D eigenvalue weighted by atomic mass is 16.5. The molecule has 1 heterocycles. The van der Waals surface area contributed by atoms with Gasteiger partial charge in [-0.2, -0.15) is 0 Å². The minimum Gasteiger partial charge on any atom is -0.364 e. The SMILES string of the molecule is CC(NCc1ccon1)c1ccc2ccccc2c1. The first-order valence-corrected chi connectivity index (χ1v) is 6.44. The normalized spacial score (nSPS) is 12.7. The Morgan fingerprint density at radius 3 is 2.74 bits per heavy atom. The van der Waals surface area contributed by atoms with E-state index in [9.17, 15) is 0 Å². The van der Waals surface area contributed by atoms with Crippen LogP contribution >= 0.6 is 0 Å². The van der Waals surface area contributed by atoms with Gasteiger partial charge in [-0.3, -0.25) is 0 Å². The molecule has 0 amide bonds. The van der Waals surface area contributed by atoms with Crippen molar-refractivity contribution in [2.45, 2.75) is 19.5 Å². The smallest absolute Gasteiger partial charge is 0.124 e. The number of aromatic nitrogens is 1. The Balaban J connectivity index is 1.75. The van der Waals surface area contributed by atoms with Crippen LogP contribution in [0.1, 0.15) is 24.2 Å². The van der Waals surface area contributed by atoms with E-state index < -0.39 is 0 Å². The molecule has 0 aliphatic carbocycles. The Morgan fingerprint density at radius 1 is 1.11 bits per heavy atom. The van der Waals surface area contributed by atoms with E-state index in [4.69, 9.17) is 4.52 Å². The van der Waals surface area contributed by atoms with Gasteiger partial charge < -0.3 is 9.84 Å². The highest BCUT2D eigenvalue weighted by molar-refractivity contribution is 5.83. The maximum Gasteiger partial charge on any atom is 0.124 e. The van der Waals surface area contributed by atoms with E-state index in [2.05, 4.69) is 59.9 Å². The highest BCUT2D eigenvalue weighted by Gasteiger charge is 2.06. The van der Waals surface area contributed by atoms with Gasteiger partial charge in [-0.1, -0.05) is 41.6 Å². The molecule has 0 spiro atoms. The first-order valence-electron chi connectivity index (χ1n) is 6.44. The Labute approximate surface area is 112 Å². The molecular weight excluding hydrogens is 236 g/mol. The van der Waals surface area contributed by atoms with Crippen LogP contribution < -0.4 is 5.32 Å². The molecule has 19 heavy (non-hydrogen) atoms. The summed E-state index contributed by atoms with van der Waals surface area (Å²) in [7, 11) is 0. The lowest BCUT2D eigenvalue weighted by atomic mass is 10.0. The standard InChI is InChI=1S/C16H16N2O/c1-12(17-11-16-8-9-19-18-16)14-7-6-13-4-2-3-5-15(13)10-14/h2-10,12,17H,11H2,1H3. The van der Waals surface area contributed by atoms with Crippen LogP contribution in [0.2, 0.25) is 0 Å². The topological polar surface area (TPSA) is 38.1 Å². The van der Waals surface area contributed by atoms with Crippen LogP contribution in [0.5, 0.6) is 0 Å². The fraction of sp³-hybridized carbons (Fsp3) is 0.188. The third-order valence-corrected chi connectivity index (χ3v) is 3.35. The Hall–Kier alpha value is -2.13. The average molecular weight is 252 g/mol. The third-order valence-electron chi connectivity index (χ3n) is 3.35. The molecule has 1 atom stereocenters. The molecule has 1 unspecified atom stereocenters. The molecule has 3 nitrogen and oxygen atoms in total. The van der Waals surface area contributed by atoms with Crippen molar-refractivity contribution in [2.75, 3.05) is 0 Å². The molecule has 0 saturated carbocycles. The van der Waals surface area contributed by atoms with E-state index in [0.29, 0.717) is 6.54 Å². The monoisotopic (exact) mass is 252 g/mol. The van der Waals surface area contributed by atoms with Gasteiger partial charge in [-0.15, -0.1) is 0 Å². The van der Waals surface area contributed by atoms with Crippen LogP contribution in [0.4, 0.5) is 0 Å². The summed E-state index contributed by atoms with van der Waals surface area (Å²) in [5, 5.41) is 9.88. The third kappa shape index (κ3) is 2.66. The number of fused-ring (bicyclic) bond motifs is 1. The van der Waals surface area contributed by atoms with Crippen LogP contribution in [0.25, 0.3) is 10.8 Å². The molecule has 3 aromatic rings. The van der Waals surface area contributed by atoms with Crippen molar-refractivity contribution in [3.05, 3.63) is 66.1 Å². The molecule has 0 aliphatic rings. The minimum absolute atomic E-state index is 0.279. The van der Waals surface area contributed by atoms with Crippen LogP contribution in [0.15, 0.2) is 59.3 Å². The van der Waals surface area contributed by atoms with E-state index in [0.717, 1.165) is 5.69 Å². The van der Waals surface area contributed by atoms with Gasteiger partial charge in [0.05, 0.1) is 5.69 Å². The summed E-state index contributed by atoms with van der Waals surface area (Å²) in [6, 6.07) is 17.1. The molecule has 3 rings (SSSR count). The predicted molar refractivity (Wildman–Crippen MR) is 75.7 cm³/mol. The summed E-state index contributed by atoms with van der Waals surface area (Å²) in [5.74, 6) is 0. The second kappa shape index (κ2) is 5.24. The average Bonchev–Trinajstić information content (AvgIpc) is 2.97. The lowest BCUT2D eigenvalue weighted by Crippen LogP contribution is -2.18. The van der Waals surface area contributed by atoms with Crippen molar-refractivity contribution in [1.82, 2.24) is 10.5 Å². The summed E-state index contributed by atoms with van der Waals surface area (Å²) < 4.78 is 4.82. The Bertz CT molecular complexity index is 661. The van der Waals surface area contributed by atoms with E-state index >= 15 is 0 Å². The summed E-state index contributed by atoms with van der Waals surface area (Å²) in [5.41, 5.74) is 2.20. The van der Waals surface area contributed by atoms with Gasteiger partial charge in [-0.25, -0.2) is 0 Å². The van der Waals surface area contributed by atoms with Crippen molar-refractivity contribution in [2.24, 2.45) is 0 Å². The zero-order valence-corrected chi connectivity index (χ0v) is 10.8. The van der Waals surface area contributed by atoms with Gasteiger partial charge in [0.15, 0.2) is 0 Å². The number of hydrogen-bond acceptors (Lipinski definition) is 3. The molecule has 3 heteroatoms. The van der Waals surface area contributed by atoms with Gasteiger partial charge in [-0.05, 0) is 29.3 Å². The number of hydrogen-bond donors (Lipinski definition) is 1. The van der Waals surface area contributed by atoms with E-state index in [1.807, 2.05) is 6.07 Å². The molecule has 0 saturated heterocycles. The van der Waals surface area contributed by atoms with Gasteiger partial charge >= 0.3 is 0 Å². The fourth-order valence-corrected chi connectivity index (χ4v) is 2.18. The molecule has 1 aromatic heterocycles.